The standard InChI is InChI=1S/C23H34N2O6/c1-13(9-20(27)25-11-17-6-4-5-7-24-17)8-18-22(29)21(28)16(12-30-18)10-19-23(31-19)14(2)15(3)26/h4-7,9,14-16,18-19,21-23,26,28-29H,8,10-12H2,1-3H3,(H,25,27)/b13-9+/t14-,15-,16-,18-,19-,21+,22-,23-/m0/s1. The highest BCUT2D eigenvalue weighted by molar-refractivity contribution is 5.88. The second kappa shape index (κ2) is 10.7. The molecule has 0 radical (unpaired) electrons. The molecule has 172 valence electrons. The lowest BCUT2D eigenvalue weighted by molar-refractivity contribution is -0.165. The summed E-state index contributed by atoms with van der Waals surface area (Å²) in [6.07, 6.45) is 1.07. The lowest BCUT2D eigenvalue weighted by Crippen LogP contribution is -2.50. The number of ether oxygens (including phenoxy) is 2. The monoisotopic (exact) mass is 434 g/mol. The molecule has 8 atom stereocenters. The largest absolute Gasteiger partial charge is 0.393 e. The van der Waals surface area contributed by atoms with Gasteiger partial charge in [-0.3, -0.25) is 9.78 Å². The Morgan fingerprint density at radius 3 is 2.74 bits per heavy atom. The highest BCUT2D eigenvalue weighted by atomic mass is 16.6. The molecule has 2 fully saturated rings. The van der Waals surface area contributed by atoms with Gasteiger partial charge in [0.15, 0.2) is 0 Å². The van der Waals surface area contributed by atoms with E-state index in [1.807, 2.05) is 25.1 Å². The van der Waals surface area contributed by atoms with Gasteiger partial charge < -0.3 is 30.1 Å². The Kier molecular flexibility index (Phi) is 8.18. The van der Waals surface area contributed by atoms with E-state index in [0.29, 0.717) is 26.0 Å². The maximum atomic E-state index is 12.1. The Labute approximate surface area is 183 Å². The Hall–Kier alpha value is -1.84. The molecule has 2 saturated heterocycles. The molecule has 0 aromatic carbocycles. The molecular weight excluding hydrogens is 400 g/mol. The fourth-order valence-corrected chi connectivity index (χ4v) is 4.04. The molecule has 1 aromatic rings. The molecule has 3 heterocycles. The molecule has 3 rings (SSSR count). The van der Waals surface area contributed by atoms with Crippen molar-refractivity contribution in [1.82, 2.24) is 10.3 Å². The number of carbonyl (C=O) groups is 1. The number of nitrogens with one attached hydrogen (secondary N) is 1. The molecule has 0 saturated carbocycles. The lowest BCUT2D eigenvalue weighted by Gasteiger charge is -2.38. The quantitative estimate of drug-likeness (QED) is 0.337. The summed E-state index contributed by atoms with van der Waals surface area (Å²) in [6, 6.07) is 5.51. The average Bonchev–Trinajstić information content (AvgIpc) is 3.51. The number of hydrogen-bond acceptors (Lipinski definition) is 7. The SMILES string of the molecule is C/C(=C\C(=O)NCc1ccccn1)C[C@@H]1OC[C@H](C[C@@H]2O[C@H]2[C@@H](C)[C@H](C)O)[C@@H](O)[C@H]1O. The Bertz CT molecular complexity index is 756. The van der Waals surface area contributed by atoms with Crippen LogP contribution in [-0.4, -0.2) is 69.4 Å². The number of nitrogens with zero attached hydrogens (tertiary/aromatic N) is 1. The van der Waals surface area contributed by atoms with Gasteiger partial charge in [-0.1, -0.05) is 18.6 Å². The van der Waals surface area contributed by atoms with Crippen molar-refractivity contribution in [2.24, 2.45) is 11.8 Å². The summed E-state index contributed by atoms with van der Waals surface area (Å²) in [5.41, 5.74) is 1.52. The van der Waals surface area contributed by atoms with Gasteiger partial charge in [0.2, 0.25) is 5.91 Å². The van der Waals surface area contributed by atoms with Crippen LogP contribution in [0.2, 0.25) is 0 Å². The van der Waals surface area contributed by atoms with E-state index < -0.39 is 24.4 Å². The van der Waals surface area contributed by atoms with E-state index in [0.717, 1.165) is 11.3 Å². The van der Waals surface area contributed by atoms with Crippen molar-refractivity contribution >= 4 is 5.91 Å². The molecule has 1 amide bonds. The van der Waals surface area contributed by atoms with Crippen molar-refractivity contribution in [2.75, 3.05) is 6.61 Å². The summed E-state index contributed by atoms with van der Waals surface area (Å²) < 4.78 is 11.5. The van der Waals surface area contributed by atoms with E-state index in [2.05, 4.69) is 10.3 Å². The number of rotatable bonds is 9. The van der Waals surface area contributed by atoms with E-state index in [-0.39, 0.29) is 30.0 Å². The third-order valence-corrected chi connectivity index (χ3v) is 6.24. The normalized spacial score (nSPS) is 32.9. The van der Waals surface area contributed by atoms with Gasteiger partial charge in [-0.05, 0) is 38.8 Å². The first-order valence-corrected chi connectivity index (χ1v) is 10.9. The zero-order chi connectivity index (χ0) is 22.5. The van der Waals surface area contributed by atoms with Crippen LogP contribution in [0.25, 0.3) is 0 Å². The van der Waals surface area contributed by atoms with Crippen LogP contribution in [0.4, 0.5) is 0 Å². The maximum Gasteiger partial charge on any atom is 0.244 e. The van der Waals surface area contributed by atoms with Gasteiger partial charge in [-0.25, -0.2) is 0 Å². The summed E-state index contributed by atoms with van der Waals surface area (Å²) in [5, 5.41) is 33.6. The lowest BCUT2D eigenvalue weighted by atomic mass is 9.85. The van der Waals surface area contributed by atoms with E-state index in [1.165, 1.54) is 6.08 Å². The number of aliphatic hydroxyl groups excluding tert-OH is 3. The third-order valence-electron chi connectivity index (χ3n) is 6.24. The summed E-state index contributed by atoms with van der Waals surface area (Å²) in [5.74, 6) is -0.439. The molecule has 2 aliphatic heterocycles. The summed E-state index contributed by atoms with van der Waals surface area (Å²) >= 11 is 0. The number of aliphatic hydroxyl groups is 3. The zero-order valence-corrected chi connectivity index (χ0v) is 18.3. The molecule has 1 aromatic heterocycles. The fourth-order valence-electron chi connectivity index (χ4n) is 4.04. The minimum Gasteiger partial charge on any atom is -0.393 e. The van der Waals surface area contributed by atoms with Crippen LogP contribution in [0.3, 0.4) is 0 Å². The third kappa shape index (κ3) is 6.57. The first-order chi connectivity index (χ1) is 14.8. The van der Waals surface area contributed by atoms with Gasteiger partial charge in [0, 0.05) is 24.1 Å². The van der Waals surface area contributed by atoms with Gasteiger partial charge in [0.25, 0.3) is 0 Å². The second-order valence-corrected chi connectivity index (χ2v) is 8.82. The van der Waals surface area contributed by atoms with Gasteiger partial charge in [0.1, 0.15) is 6.10 Å². The second-order valence-electron chi connectivity index (χ2n) is 8.82. The predicted octanol–water partition coefficient (Wildman–Crippen LogP) is 0.945. The molecule has 4 N–H and O–H groups in total. The Morgan fingerprint density at radius 2 is 2.06 bits per heavy atom. The molecular formula is C23H34N2O6. The van der Waals surface area contributed by atoms with Gasteiger partial charge in [0.05, 0.1) is 49.4 Å². The Balaban J connectivity index is 1.44. The van der Waals surface area contributed by atoms with Crippen molar-refractivity contribution in [3.05, 3.63) is 41.7 Å². The summed E-state index contributed by atoms with van der Waals surface area (Å²) in [4.78, 5) is 16.3. The van der Waals surface area contributed by atoms with Crippen LogP contribution in [0.1, 0.15) is 39.3 Å². The Morgan fingerprint density at radius 1 is 1.29 bits per heavy atom. The van der Waals surface area contributed by atoms with E-state index in [1.54, 1.807) is 20.0 Å². The predicted molar refractivity (Wildman–Crippen MR) is 114 cm³/mol. The van der Waals surface area contributed by atoms with Crippen LogP contribution in [0.5, 0.6) is 0 Å². The van der Waals surface area contributed by atoms with E-state index >= 15 is 0 Å². The number of hydrogen-bond donors (Lipinski definition) is 4. The maximum absolute atomic E-state index is 12.1. The smallest absolute Gasteiger partial charge is 0.244 e. The molecule has 0 bridgehead atoms. The van der Waals surface area contributed by atoms with Crippen LogP contribution in [0.15, 0.2) is 36.0 Å². The number of aromatic nitrogens is 1. The highest BCUT2D eigenvalue weighted by Gasteiger charge is 2.48. The topological polar surface area (TPSA) is 124 Å². The summed E-state index contributed by atoms with van der Waals surface area (Å²) in [7, 11) is 0. The van der Waals surface area contributed by atoms with Crippen molar-refractivity contribution in [1.29, 1.82) is 0 Å². The molecule has 0 unspecified atom stereocenters. The first kappa shape index (κ1) is 23.8. The van der Waals surface area contributed by atoms with Crippen molar-refractivity contribution < 1.29 is 29.6 Å². The fraction of sp³-hybridized carbons (Fsp3) is 0.652. The van der Waals surface area contributed by atoms with Crippen LogP contribution in [-0.2, 0) is 20.8 Å². The van der Waals surface area contributed by atoms with Gasteiger partial charge >= 0.3 is 0 Å². The summed E-state index contributed by atoms with van der Waals surface area (Å²) in [6.45, 7) is 6.14. The van der Waals surface area contributed by atoms with Gasteiger partial charge in [-0.2, -0.15) is 0 Å². The van der Waals surface area contributed by atoms with Crippen LogP contribution in [0, 0.1) is 11.8 Å². The number of carbonyl (C=O) groups excluding carboxylic acids is 1. The van der Waals surface area contributed by atoms with Crippen molar-refractivity contribution in [2.45, 2.75) is 76.8 Å². The molecule has 2 aliphatic rings. The molecule has 8 nitrogen and oxygen atoms in total. The minimum atomic E-state index is -1.04. The van der Waals surface area contributed by atoms with E-state index in [9.17, 15) is 20.1 Å². The number of pyridine rings is 1. The minimum absolute atomic E-state index is 0.0168. The zero-order valence-electron chi connectivity index (χ0n) is 18.3. The molecule has 0 spiro atoms. The number of amides is 1. The molecule has 0 aliphatic carbocycles. The van der Waals surface area contributed by atoms with Crippen molar-refractivity contribution in [3.8, 4) is 0 Å². The first-order valence-electron chi connectivity index (χ1n) is 10.9. The van der Waals surface area contributed by atoms with Crippen LogP contribution < -0.4 is 5.32 Å². The highest BCUT2D eigenvalue weighted by Crippen LogP contribution is 2.38. The van der Waals surface area contributed by atoms with Crippen LogP contribution >= 0.6 is 0 Å². The number of epoxide rings is 1. The molecule has 8 heteroatoms. The average molecular weight is 435 g/mol. The van der Waals surface area contributed by atoms with Gasteiger partial charge in [-0.15, -0.1) is 0 Å². The van der Waals surface area contributed by atoms with E-state index in [4.69, 9.17) is 9.47 Å². The van der Waals surface area contributed by atoms with Crippen molar-refractivity contribution in [3.63, 3.8) is 0 Å². The molecule has 31 heavy (non-hydrogen) atoms.